The molecule has 2 unspecified atom stereocenters. The Hall–Kier alpha value is -1.14. The highest BCUT2D eigenvalue weighted by Gasteiger charge is 2.22. The minimum Gasteiger partial charge on any atom is -0.481 e. The van der Waals surface area contributed by atoms with Gasteiger partial charge in [-0.3, -0.25) is 9.59 Å². The van der Waals surface area contributed by atoms with E-state index in [4.69, 9.17) is 15.6 Å². The minimum absolute atomic E-state index is 0.0557. The molecule has 0 saturated heterocycles. The molecule has 0 aromatic heterocycles. The average Bonchev–Trinajstić information content (AvgIpc) is 2.25. The Balaban J connectivity index is 4.43. The largest absolute Gasteiger partial charge is 0.481 e. The normalized spacial score (nSPS) is 14.1. The molecule has 17 heavy (non-hydrogen) atoms. The van der Waals surface area contributed by atoms with Crippen molar-refractivity contribution < 1.29 is 19.4 Å². The number of hydrogen-bond acceptors (Lipinski definition) is 4. The molecule has 0 aliphatic heterocycles. The number of methoxy groups -OCH3 is 1. The molecule has 1 amide bonds. The second kappa shape index (κ2) is 8.03. The highest BCUT2D eigenvalue weighted by Crippen LogP contribution is 2.08. The van der Waals surface area contributed by atoms with Gasteiger partial charge in [0.15, 0.2) is 0 Å². The van der Waals surface area contributed by atoms with Gasteiger partial charge >= 0.3 is 5.97 Å². The van der Waals surface area contributed by atoms with Crippen molar-refractivity contribution in [1.29, 1.82) is 0 Å². The molecule has 0 heterocycles. The number of aliphatic carboxylic acids is 1. The van der Waals surface area contributed by atoms with Crippen LogP contribution in [-0.4, -0.2) is 54.2 Å². The van der Waals surface area contributed by atoms with E-state index in [1.54, 1.807) is 6.92 Å². The fraction of sp³-hybridized carbons (Fsp3) is 0.818. The standard InChI is InChI=1S/C11H22N2O4/c1-4-13(8(2)5-11(15)16)10(14)6-9(7-12)17-3/h8-9H,4-7,12H2,1-3H3,(H,15,16). The van der Waals surface area contributed by atoms with Crippen molar-refractivity contribution in [3.63, 3.8) is 0 Å². The van der Waals surface area contributed by atoms with Gasteiger partial charge in [-0.15, -0.1) is 0 Å². The highest BCUT2D eigenvalue weighted by atomic mass is 16.5. The Morgan fingerprint density at radius 1 is 1.41 bits per heavy atom. The third-order valence-corrected chi connectivity index (χ3v) is 2.66. The van der Waals surface area contributed by atoms with Crippen LogP contribution >= 0.6 is 0 Å². The third-order valence-electron chi connectivity index (χ3n) is 2.66. The molecule has 3 N–H and O–H groups in total. The molecule has 0 radical (unpaired) electrons. The van der Waals surface area contributed by atoms with Crippen LogP contribution in [0, 0.1) is 0 Å². The summed E-state index contributed by atoms with van der Waals surface area (Å²) in [6, 6.07) is -0.319. The van der Waals surface area contributed by atoms with E-state index in [2.05, 4.69) is 0 Å². The maximum atomic E-state index is 11.9. The Bertz CT molecular complexity index is 254. The molecule has 0 aromatic carbocycles. The van der Waals surface area contributed by atoms with E-state index < -0.39 is 5.97 Å². The number of rotatable bonds is 8. The molecule has 0 saturated carbocycles. The van der Waals surface area contributed by atoms with Crippen LogP contribution in [0.25, 0.3) is 0 Å². The zero-order valence-electron chi connectivity index (χ0n) is 10.7. The zero-order chi connectivity index (χ0) is 13.4. The van der Waals surface area contributed by atoms with Crippen molar-refractivity contribution in [2.24, 2.45) is 5.73 Å². The molecular formula is C11H22N2O4. The number of amides is 1. The second-order valence-electron chi connectivity index (χ2n) is 3.92. The lowest BCUT2D eigenvalue weighted by Gasteiger charge is -2.28. The van der Waals surface area contributed by atoms with Gasteiger partial charge in [-0.2, -0.15) is 0 Å². The first-order valence-corrected chi connectivity index (χ1v) is 5.70. The fourth-order valence-electron chi connectivity index (χ4n) is 1.67. The number of carbonyl (C=O) groups is 2. The summed E-state index contributed by atoms with van der Waals surface area (Å²) < 4.78 is 5.04. The van der Waals surface area contributed by atoms with E-state index >= 15 is 0 Å². The predicted octanol–water partition coefficient (Wildman–Crippen LogP) is 0.0619. The van der Waals surface area contributed by atoms with Crippen LogP contribution in [0.3, 0.4) is 0 Å². The van der Waals surface area contributed by atoms with Crippen LogP contribution in [0.4, 0.5) is 0 Å². The molecule has 6 nitrogen and oxygen atoms in total. The van der Waals surface area contributed by atoms with Crippen molar-refractivity contribution in [3.8, 4) is 0 Å². The van der Waals surface area contributed by atoms with E-state index in [-0.39, 0.29) is 37.4 Å². The van der Waals surface area contributed by atoms with Crippen LogP contribution in [0.5, 0.6) is 0 Å². The van der Waals surface area contributed by atoms with Crippen LogP contribution in [0.2, 0.25) is 0 Å². The summed E-state index contributed by atoms with van der Waals surface area (Å²) in [5.74, 6) is -1.04. The molecule has 2 atom stereocenters. The average molecular weight is 246 g/mol. The Morgan fingerprint density at radius 3 is 2.35 bits per heavy atom. The monoisotopic (exact) mass is 246 g/mol. The van der Waals surface area contributed by atoms with E-state index in [0.717, 1.165) is 0 Å². The first kappa shape index (κ1) is 15.9. The van der Waals surface area contributed by atoms with Gasteiger partial charge in [0.25, 0.3) is 0 Å². The number of carboxylic acids is 1. The van der Waals surface area contributed by atoms with Crippen molar-refractivity contribution in [2.45, 2.75) is 38.8 Å². The van der Waals surface area contributed by atoms with Crippen molar-refractivity contribution in [1.82, 2.24) is 4.90 Å². The summed E-state index contributed by atoms with van der Waals surface area (Å²) >= 11 is 0. The second-order valence-corrected chi connectivity index (χ2v) is 3.92. The molecule has 0 aliphatic rings. The van der Waals surface area contributed by atoms with Crippen molar-refractivity contribution in [2.75, 3.05) is 20.2 Å². The summed E-state index contributed by atoms with van der Waals surface area (Å²) in [4.78, 5) is 24.1. The van der Waals surface area contributed by atoms with Gasteiger partial charge in [0, 0.05) is 26.2 Å². The number of nitrogens with zero attached hydrogens (tertiary/aromatic N) is 1. The lowest BCUT2D eigenvalue weighted by Crippen LogP contribution is -2.42. The Morgan fingerprint density at radius 2 is 2.00 bits per heavy atom. The maximum Gasteiger partial charge on any atom is 0.305 e. The number of nitrogens with two attached hydrogens (primary N) is 1. The summed E-state index contributed by atoms with van der Waals surface area (Å²) in [7, 11) is 1.50. The number of hydrogen-bond donors (Lipinski definition) is 2. The van der Waals surface area contributed by atoms with E-state index in [9.17, 15) is 9.59 Å². The van der Waals surface area contributed by atoms with Crippen LogP contribution in [0.15, 0.2) is 0 Å². The molecule has 0 fully saturated rings. The summed E-state index contributed by atoms with van der Waals surface area (Å²) in [6.07, 6.45) is -0.182. The first-order chi connectivity index (χ1) is 7.96. The van der Waals surface area contributed by atoms with Gasteiger partial charge in [-0.1, -0.05) is 0 Å². The number of carboxylic acid groups (broad SMARTS) is 1. The van der Waals surface area contributed by atoms with Gasteiger partial charge in [0.2, 0.25) is 5.91 Å². The first-order valence-electron chi connectivity index (χ1n) is 5.70. The van der Waals surface area contributed by atoms with Gasteiger partial charge < -0.3 is 20.5 Å². The summed E-state index contributed by atoms with van der Waals surface area (Å²) in [6.45, 7) is 4.29. The van der Waals surface area contributed by atoms with Crippen molar-refractivity contribution >= 4 is 11.9 Å². The molecule has 0 aliphatic carbocycles. The lowest BCUT2D eigenvalue weighted by molar-refractivity contribution is -0.141. The van der Waals surface area contributed by atoms with Gasteiger partial charge in [0.1, 0.15) is 0 Å². The van der Waals surface area contributed by atoms with Gasteiger partial charge in [0.05, 0.1) is 18.9 Å². The predicted molar refractivity (Wildman–Crippen MR) is 63.6 cm³/mol. The number of ether oxygens (including phenoxy) is 1. The van der Waals surface area contributed by atoms with Crippen LogP contribution < -0.4 is 5.73 Å². The summed E-state index contributed by atoms with van der Waals surface area (Å²) in [5.41, 5.74) is 5.44. The quantitative estimate of drug-likeness (QED) is 0.632. The smallest absolute Gasteiger partial charge is 0.305 e. The zero-order valence-corrected chi connectivity index (χ0v) is 10.7. The van der Waals surface area contributed by atoms with Gasteiger partial charge in [-0.05, 0) is 13.8 Å². The van der Waals surface area contributed by atoms with Crippen molar-refractivity contribution in [3.05, 3.63) is 0 Å². The van der Waals surface area contributed by atoms with Crippen LogP contribution in [-0.2, 0) is 14.3 Å². The minimum atomic E-state index is -0.911. The third kappa shape index (κ3) is 5.65. The maximum absolute atomic E-state index is 11.9. The van der Waals surface area contributed by atoms with E-state index in [1.807, 2.05) is 6.92 Å². The molecule has 6 heteroatoms. The highest BCUT2D eigenvalue weighted by molar-refractivity contribution is 5.78. The number of carbonyl (C=O) groups excluding carboxylic acids is 1. The molecule has 0 bridgehead atoms. The van der Waals surface area contributed by atoms with Gasteiger partial charge in [-0.25, -0.2) is 0 Å². The summed E-state index contributed by atoms with van der Waals surface area (Å²) in [5, 5.41) is 8.70. The molecule has 100 valence electrons. The molecule has 0 rings (SSSR count). The van der Waals surface area contributed by atoms with E-state index in [0.29, 0.717) is 6.54 Å². The molecule has 0 spiro atoms. The van der Waals surface area contributed by atoms with Crippen LogP contribution in [0.1, 0.15) is 26.7 Å². The topological polar surface area (TPSA) is 92.9 Å². The Kier molecular flexibility index (Phi) is 7.49. The lowest BCUT2D eigenvalue weighted by atomic mass is 10.1. The molecule has 0 aromatic rings. The SMILES string of the molecule is CCN(C(=O)CC(CN)OC)C(C)CC(=O)O. The Labute approximate surface area is 102 Å². The van der Waals surface area contributed by atoms with E-state index in [1.165, 1.54) is 12.0 Å². The fourth-order valence-corrected chi connectivity index (χ4v) is 1.67. The molecular weight excluding hydrogens is 224 g/mol.